The van der Waals surface area contributed by atoms with Crippen LogP contribution in [0.15, 0.2) is 24.3 Å². The van der Waals surface area contributed by atoms with E-state index in [1.165, 1.54) is 11.1 Å². The zero-order valence-corrected chi connectivity index (χ0v) is 22.7. The third-order valence-electron chi connectivity index (χ3n) is 7.32. The van der Waals surface area contributed by atoms with Gasteiger partial charge in [-0.3, -0.25) is 19.6 Å². The minimum absolute atomic E-state index is 0.726. The maximum Gasteiger partial charge on any atom is 0.0594 e. The number of benzene rings is 1. The molecular formula is C28H48N4O5. The molecule has 7 rings (SSSR count). The van der Waals surface area contributed by atoms with Crippen molar-refractivity contribution in [1.29, 1.82) is 0 Å². The van der Waals surface area contributed by atoms with Gasteiger partial charge in [0.2, 0.25) is 0 Å². The van der Waals surface area contributed by atoms with E-state index in [0.29, 0.717) is 0 Å². The molecule has 0 atom stereocenters. The van der Waals surface area contributed by atoms with Crippen molar-refractivity contribution in [2.45, 2.75) is 13.1 Å². The van der Waals surface area contributed by atoms with Crippen molar-refractivity contribution in [2.75, 3.05) is 132 Å². The highest BCUT2D eigenvalue weighted by Crippen LogP contribution is 2.12. The minimum Gasteiger partial charge on any atom is -0.379 e. The summed E-state index contributed by atoms with van der Waals surface area (Å²) in [6.45, 7) is 18.3. The lowest BCUT2D eigenvalue weighted by Crippen LogP contribution is -2.38. The van der Waals surface area contributed by atoms with E-state index >= 15 is 0 Å². The summed E-state index contributed by atoms with van der Waals surface area (Å²) >= 11 is 0. The van der Waals surface area contributed by atoms with Crippen LogP contribution in [0.1, 0.15) is 11.1 Å². The Morgan fingerprint density at radius 2 is 0.649 bits per heavy atom. The van der Waals surface area contributed by atoms with Gasteiger partial charge in [-0.05, 0) is 11.1 Å². The largest absolute Gasteiger partial charge is 0.379 e. The Morgan fingerprint density at radius 3 is 0.946 bits per heavy atom. The normalized spacial score (nSPS) is 31.0. The molecule has 0 amide bonds. The Morgan fingerprint density at radius 1 is 0.378 bits per heavy atom. The maximum atomic E-state index is 6.03. The van der Waals surface area contributed by atoms with Crippen LogP contribution in [-0.2, 0) is 36.8 Å². The van der Waals surface area contributed by atoms with Crippen LogP contribution in [-0.4, -0.2) is 151 Å². The molecule has 6 aliphatic rings. The molecule has 210 valence electrons. The smallest absolute Gasteiger partial charge is 0.0594 e. The van der Waals surface area contributed by atoms with Gasteiger partial charge in [0.15, 0.2) is 0 Å². The molecule has 2 saturated heterocycles. The molecule has 9 nitrogen and oxygen atoms in total. The molecule has 1 aromatic rings. The first-order valence-electron chi connectivity index (χ1n) is 14.2. The minimum atomic E-state index is 0.726. The fraction of sp³-hybridized carbons (Fsp3) is 0.786. The molecule has 6 bridgehead atoms. The predicted octanol–water partition coefficient (Wildman–Crippen LogP) is 1.02. The lowest BCUT2D eigenvalue weighted by Gasteiger charge is -2.28. The van der Waals surface area contributed by atoms with Crippen LogP contribution in [0.2, 0.25) is 0 Å². The SMILES string of the molecule is c1cc2cc(c1)CN1CCOCCN(CCOCCN3CCOCCN(CCOCC3)C2)CCOCC1. The third kappa shape index (κ3) is 11.6. The Labute approximate surface area is 223 Å². The van der Waals surface area contributed by atoms with E-state index in [0.717, 1.165) is 145 Å². The Kier molecular flexibility index (Phi) is 13.6. The lowest BCUT2D eigenvalue weighted by molar-refractivity contribution is 0.0160. The molecule has 0 unspecified atom stereocenters. The zero-order valence-electron chi connectivity index (χ0n) is 22.7. The molecule has 0 aromatic heterocycles. The van der Waals surface area contributed by atoms with Crippen molar-refractivity contribution in [2.24, 2.45) is 0 Å². The molecule has 0 N–H and O–H groups in total. The van der Waals surface area contributed by atoms with E-state index in [9.17, 15) is 0 Å². The number of hydrogen-bond donors (Lipinski definition) is 0. The van der Waals surface area contributed by atoms with E-state index in [1.807, 2.05) is 0 Å². The first kappa shape index (κ1) is 28.9. The molecule has 0 saturated carbocycles. The van der Waals surface area contributed by atoms with Gasteiger partial charge in [-0.2, -0.15) is 0 Å². The zero-order chi connectivity index (χ0) is 25.4. The molecule has 9 heteroatoms. The molecule has 37 heavy (non-hydrogen) atoms. The van der Waals surface area contributed by atoms with Crippen LogP contribution >= 0.6 is 0 Å². The Bertz CT molecular complexity index is 659. The van der Waals surface area contributed by atoms with Crippen LogP contribution in [0.25, 0.3) is 0 Å². The average molecular weight is 521 g/mol. The fourth-order valence-electron chi connectivity index (χ4n) is 5.00. The van der Waals surface area contributed by atoms with Gasteiger partial charge < -0.3 is 23.7 Å². The van der Waals surface area contributed by atoms with E-state index in [2.05, 4.69) is 43.9 Å². The van der Waals surface area contributed by atoms with Crippen LogP contribution in [0.5, 0.6) is 0 Å². The summed E-state index contributed by atoms with van der Waals surface area (Å²) in [5.74, 6) is 0. The van der Waals surface area contributed by atoms with Gasteiger partial charge in [-0.15, -0.1) is 0 Å². The number of hydrogen-bond acceptors (Lipinski definition) is 9. The van der Waals surface area contributed by atoms with Crippen molar-refractivity contribution < 1.29 is 23.7 Å². The molecule has 2 fully saturated rings. The van der Waals surface area contributed by atoms with Crippen molar-refractivity contribution in [3.63, 3.8) is 0 Å². The number of ether oxygens (including phenoxy) is 5. The van der Waals surface area contributed by atoms with Crippen LogP contribution in [0.4, 0.5) is 0 Å². The van der Waals surface area contributed by atoms with Crippen molar-refractivity contribution in [1.82, 2.24) is 19.6 Å². The third-order valence-corrected chi connectivity index (χ3v) is 7.32. The Balaban J connectivity index is 1.44. The van der Waals surface area contributed by atoms with Gasteiger partial charge in [0, 0.05) is 78.5 Å². The molecular weight excluding hydrogens is 472 g/mol. The molecule has 6 aliphatic heterocycles. The van der Waals surface area contributed by atoms with Crippen LogP contribution in [0.3, 0.4) is 0 Å². The molecule has 0 spiro atoms. The number of nitrogens with zero attached hydrogens (tertiary/aromatic N) is 4. The molecule has 6 heterocycles. The second-order valence-electron chi connectivity index (χ2n) is 10.1. The first-order chi connectivity index (χ1) is 18.3. The van der Waals surface area contributed by atoms with Gasteiger partial charge in [-0.1, -0.05) is 24.3 Å². The van der Waals surface area contributed by atoms with Crippen LogP contribution < -0.4 is 0 Å². The van der Waals surface area contributed by atoms with E-state index in [-0.39, 0.29) is 0 Å². The van der Waals surface area contributed by atoms with Gasteiger partial charge in [-0.25, -0.2) is 0 Å². The summed E-state index contributed by atoms with van der Waals surface area (Å²) in [6.07, 6.45) is 0. The van der Waals surface area contributed by atoms with Gasteiger partial charge >= 0.3 is 0 Å². The summed E-state index contributed by atoms with van der Waals surface area (Å²) in [4.78, 5) is 9.69. The van der Waals surface area contributed by atoms with E-state index < -0.39 is 0 Å². The summed E-state index contributed by atoms with van der Waals surface area (Å²) in [6, 6.07) is 9.01. The summed E-state index contributed by atoms with van der Waals surface area (Å²) < 4.78 is 30.2. The first-order valence-corrected chi connectivity index (χ1v) is 14.2. The van der Waals surface area contributed by atoms with Gasteiger partial charge in [0.1, 0.15) is 0 Å². The molecule has 0 radical (unpaired) electrons. The van der Waals surface area contributed by atoms with Crippen molar-refractivity contribution in [3.8, 4) is 0 Å². The highest BCUT2D eigenvalue weighted by atomic mass is 16.5. The average Bonchev–Trinajstić information content (AvgIpc) is 2.88. The predicted molar refractivity (Wildman–Crippen MR) is 144 cm³/mol. The fourth-order valence-corrected chi connectivity index (χ4v) is 5.00. The second-order valence-corrected chi connectivity index (χ2v) is 10.1. The van der Waals surface area contributed by atoms with Gasteiger partial charge in [0.25, 0.3) is 0 Å². The van der Waals surface area contributed by atoms with Crippen molar-refractivity contribution in [3.05, 3.63) is 35.4 Å². The summed E-state index contributed by atoms with van der Waals surface area (Å²) in [5, 5.41) is 0. The quantitative estimate of drug-likeness (QED) is 0.499. The topological polar surface area (TPSA) is 59.1 Å². The van der Waals surface area contributed by atoms with E-state index in [4.69, 9.17) is 23.7 Å². The van der Waals surface area contributed by atoms with Crippen molar-refractivity contribution >= 4 is 0 Å². The second kappa shape index (κ2) is 17.4. The molecule has 1 aromatic carbocycles. The highest BCUT2D eigenvalue weighted by Gasteiger charge is 2.13. The lowest BCUT2D eigenvalue weighted by atomic mass is 10.1. The van der Waals surface area contributed by atoms with E-state index in [1.54, 1.807) is 0 Å². The number of rotatable bonds is 0. The molecule has 0 aliphatic carbocycles. The Hall–Kier alpha value is -1.14. The summed E-state index contributed by atoms with van der Waals surface area (Å²) in [5.41, 5.74) is 2.68. The maximum absolute atomic E-state index is 6.03. The standard InChI is InChI=1S/C28H48N4O5/c1-2-27-24-28(3-1)26-32-12-22-36-18-8-30(9-19-37-23-13-32)5-15-33-14-4-29-6-16-34-20-10-31(25-27)11-21-35-17-7-29/h1-3,24H,4-23,25-26H2. The summed E-state index contributed by atoms with van der Waals surface area (Å²) in [7, 11) is 0. The highest BCUT2D eigenvalue weighted by molar-refractivity contribution is 5.23. The monoisotopic (exact) mass is 520 g/mol. The van der Waals surface area contributed by atoms with Crippen LogP contribution in [0, 0.1) is 0 Å². The van der Waals surface area contributed by atoms with Gasteiger partial charge in [0.05, 0.1) is 66.1 Å².